The Balaban J connectivity index is 1.89. The number of Topliss-reactive ketones (excluding diaryl/α,β-unsaturated/α-hetero) is 1. The molecule has 0 spiro atoms. The summed E-state index contributed by atoms with van der Waals surface area (Å²) in [5, 5.41) is 20.4. The molecule has 3 heteroatoms. The lowest BCUT2D eigenvalue weighted by atomic mass is 9.89. The van der Waals surface area contributed by atoms with Crippen LogP contribution in [0.4, 0.5) is 0 Å². The van der Waals surface area contributed by atoms with Crippen LogP contribution >= 0.6 is 0 Å². The van der Waals surface area contributed by atoms with Crippen LogP contribution in [0.1, 0.15) is 52.4 Å². The second-order valence-corrected chi connectivity index (χ2v) is 7.26. The van der Waals surface area contributed by atoms with Gasteiger partial charge < -0.3 is 10.2 Å². The van der Waals surface area contributed by atoms with Crippen LogP contribution < -0.4 is 0 Å². The first-order chi connectivity index (χ1) is 10.4. The van der Waals surface area contributed by atoms with Gasteiger partial charge in [-0.15, -0.1) is 0 Å². The van der Waals surface area contributed by atoms with Gasteiger partial charge in [0.05, 0.1) is 12.2 Å². The number of aliphatic hydroxyl groups excluding tert-OH is 2. The Bertz CT molecular complexity index is 440. The van der Waals surface area contributed by atoms with Crippen LogP contribution in [0.15, 0.2) is 24.3 Å². The topological polar surface area (TPSA) is 57.5 Å². The van der Waals surface area contributed by atoms with Crippen molar-refractivity contribution < 1.29 is 15.0 Å². The van der Waals surface area contributed by atoms with Gasteiger partial charge in [0.15, 0.2) is 5.78 Å². The zero-order chi connectivity index (χ0) is 16.3. The normalized spacial score (nSPS) is 34.4. The third-order valence-electron chi connectivity index (χ3n) is 5.37. The van der Waals surface area contributed by atoms with Crippen molar-refractivity contribution in [2.45, 2.75) is 64.6 Å². The molecular weight excluding hydrogens is 276 g/mol. The molecule has 3 nitrogen and oxygen atoms in total. The Kier molecular flexibility index (Phi) is 5.99. The zero-order valence-corrected chi connectivity index (χ0v) is 13.9. The molecule has 2 aliphatic rings. The number of rotatable bonds is 7. The Morgan fingerprint density at radius 2 is 2.18 bits per heavy atom. The van der Waals surface area contributed by atoms with Crippen molar-refractivity contribution in [2.24, 2.45) is 23.7 Å². The van der Waals surface area contributed by atoms with Crippen LogP contribution in [0.2, 0.25) is 0 Å². The van der Waals surface area contributed by atoms with Gasteiger partial charge in [-0.25, -0.2) is 0 Å². The first-order valence-electron chi connectivity index (χ1n) is 8.70. The molecule has 0 saturated heterocycles. The van der Waals surface area contributed by atoms with E-state index in [1.165, 1.54) is 12.8 Å². The molecule has 2 fully saturated rings. The lowest BCUT2D eigenvalue weighted by Crippen LogP contribution is -2.18. The number of fused-ring (bicyclic) bond motifs is 1. The lowest BCUT2D eigenvalue weighted by Gasteiger charge is -2.18. The maximum Gasteiger partial charge on any atom is 0.161 e. The minimum atomic E-state index is -0.465. The highest BCUT2D eigenvalue weighted by Crippen LogP contribution is 2.48. The molecule has 0 unspecified atom stereocenters. The van der Waals surface area contributed by atoms with E-state index in [0.29, 0.717) is 24.3 Å². The number of unbranched alkanes of at least 4 members (excludes halogenated alkanes) is 1. The second kappa shape index (κ2) is 7.56. The van der Waals surface area contributed by atoms with Gasteiger partial charge >= 0.3 is 0 Å². The van der Waals surface area contributed by atoms with Gasteiger partial charge in [0.25, 0.3) is 0 Å². The predicted octanol–water partition coefficient (Wildman–Crippen LogP) is 3.26. The first-order valence-corrected chi connectivity index (χ1v) is 8.70. The van der Waals surface area contributed by atoms with Gasteiger partial charge in [-0.3, -0.25) is 4.79 Å². The minimum absolute atomic E-state index is 0.0196. The third kappa shape index (κ3) is 3.88. The van der Waals surface area contributed by atoms with E-state index < -0.39 is 12.2 Å². The van der Waals surface area contributed by atoms with E-state index in [2.05, 4.69) is 20.4 Å². The summed E-state index contributed by atoms with van der Waals surface area (Å²) in [4.78, 5) is 12.0. The average Bonchev–Trinajstić information content (AvgIpc) is 2.91. The first kappa shape index (κ1) is 17.4. The molecule has 2 aliphatic carbocycles. The quantitative estimate of drug-likeness (QED) is 0.560. The van der Waals surface area contributed by atoms with Crippen molar-refractivity contribution >= 4 is 5.78 Å². The number of aliphatic hydroxyl groups is 2. The zero-order valence-electron chi connectivity index (χ0n) is 13.9. The van der Waals surface area contributed by atoms with E-state index in [4.69, 9.17) is 0 Å². The van der Waals surface area contributed by atoms with Crippen molar-refractivity contribution in [1.29, 1.82) is 0 Å². The Morgan fingerprint density at radius 3 is 2.86 bits per heavy atom. The fourth-order valence-electron chi connectivity index (χ4n) is 4.06. The summed E-state index contributed by atoms with van der Waals surface area (Å²) in [5.41, 5.74) is 0.703. The standard InChI is InChI=1S/C19H30O3/c1-4-5-6-12(2)9-14(20)7-8-15-16-10-13(3)19(22)17(16)11-18(15)21/h7-8,12,14-18,20-21H,3-6,9-11H2,1-2H3/t12-,14-,15+,16+,17+,18-/m1/s1. The summed E-state index contributed by atoms with van der Waals surface area (Å²) in [6, 6.07) is 0. The monoisotopic (exact) mass is 306 g/mol. The number of ketones is 1. The van der Waals surface area contributed by atoms with Gasteiger partial charge in [-0.2, -0.15) is 0 Å². The molecule has 2 saturated carbocycles. The van der Waals surface area contributed by atoms with Crippen molar-refractivity contribution in [2.75, 3.05) is 0 Å². The maximum atomic E-state index is 12.0. The highest BCUT2D eigenvalue weighted by Gasteiger charge is 2.49. The second-order valence-electron chi connectivity index (χ2n) is 7.26. The van der Waals surface area contributed by atoms with Gasteiger partial charge in [0.2, 0.25) is 0 Å². The summed E-state index contributed by atoms with van der Waals surface area (Å²) < 4.78 is 0. The molecule has 0 amide bonds. The van der Waals surface area contributed by atoms with Crippen LogP contribution in [0, 0.1) is 23.7 Å². The molecule has 22 heavy (non-hydrogen) atoms. The summed E-state index contributed by atoms with van der Waals surface area (Å²) in [5.74, 6) is 0.741. The largest absolute Gasteiger partial charge is 0.392 e. The molecule has 0 aromatic rings. The molecular formula is C19H30O3. The number of carbonyl (C=O) groups excluding carboxylic acids is 1. The molecule has 2 N–H and O–H groups in total. The number of hydrogen-bond donors (Lipinski definition) is 2. The van der Waals surface area contributed by atoms with Crippen molar-refractivity contribution in [3.8, 4) is 0 Å². The summed E-state index contributed by atoms with van der Waals surface area (Å²) in [6.45, 7) is 8.19. The highest BCUT2D eigenvalue weighted by molar-refractivity contribution is 5.99. The Hall–Kier alpha value is -0.930. The van der Waals surface area contributed by atoms with Crippen molar-refractivity contribution in [3.63, 3.8) is 0 Å². The van der Waals surface area contributed by atoms with E-state index >= 15 is 0 Å². The van der Waals surface area contributed by atoms with E-state index in [0.717, 1.165) is 12.8 Å². The van der Waals surface area contributed by atoms with E-state index in [-0.39, 0.29) is 23.5 Å². The maximum absolute atomic E-state index is 12.0. The molecule has 2 rings (SSSR count). The molecule has 124 valence electrons. The fourth-order valence-corrected chi connectivity index (χ4v) is 4.06. The Morgan fingerprint density at radius 1 is 1.45 bits per heavy atom. The molecule has 0 aromatic heterocycles. The molecule has 0 heterocycles. The number of carbonyl (C=O) groups is 1. The van der Waals surface area contributed by atoms with Crippen LogP contribution in [0.25, 0.3) is 0 Å². The number of hydrogen-bond acceptors (Lipinski definition) is 3. The van der Waals surface area contributed by atoms with E-state index in [1.807, 2.05) is 12.2 Å². The van der Waals surface area contributed by atoms with Gasteiger partial charge in [0, 0.05) is 11.8 Å². The summed E-state index contributed by atoms with van der Waals surface area (Å²) >= 11 is 0. The van der Waals surface area contributed by atoms with Crippen LogP contribution in [-0.2, 0) is 4.79 Å². The van der Waals surface area contributed by atoms with Crippen LogP contribution in [0.5, 0.6) is 0 Å². The predicted molar refractivity (Wildman–Crippen MR) is 88.3 cm³/mol. The van der Waals surface area contributed by atoms with Crippen molar-refractivity contribution in [1.82, 2.24) is 0 Å². The summed E-state index contributed by atoms with van der Waals surface area (Å²) in [6.07, 6.45) is 8.37. The average molecular weight is 306 g/mol. The van der Waals surface area contributed by atoms with Gasteiger partial charge in [-0.05, 0) is 36.7 Å². The lowest BCUT2D eigenvalue weighted by molar-refractivity contribution is -0.118. The SMILES string of the molecule is C=C1C[C@H]2[C@H](C=C[C@@H](O)C[C@H](C)CCCC)[C@H](O)C[C@@H]2C1=O. The third-order valence-corrected chi connectivity index (χ3v) is 5.37. The number of allylic oxidation sites excluding steroid dienone is 1. The highest BCUT2D eigenvalue weighted by atomic mass is 16.3. The Labute approximate surface area is 134 Å². The molecule has 0 bridgehead atoms. The molecule has 6 atom stereocenters. The molecule has 0 radical (unpaired) electrons. The molecule has 0 aliphatic heterocycles. The summed E-state index contributed by atoms with van der Waals surface area (Å²) in [7, 11) is 0. The fraction of sp³-hybridized carbons (Fsp3) is 0.737. The van der Waals surface area contributed by atoms with Crippen molar-refractivity contribution in [3.05, 3.63) is 24.3 Å². The van der Waals surface area contributed by atoms with Crippen LogP contribution in [-0.4, -0.2) is 28.2 Å². The van der Waals surface area contributed by atoms with Gasteiger partial charge in [-0.1, -0.05) is 51.8 Å². The van der Waals surface area contributed by atoms with E-state index in [1.54, 1.807) is 0 Å². The van der Waals surface area contributed by atoms with E-state index in [9.17, 15) is 15.0 Å². The molecule has 0 aromatic carbocycles. The minimum Gasteiger partial charge on any atom is -0.392 e. The smallest absolute Gasteiger partial charge is 0.161 e. The van der Waals surface area contributed by atoms with Gasteiger partial charge in [0.1, 0.15) is 0 Å². The van der Waals surface area contributed by atoms with Crippen LogP contribution in [0.3, 0.4) is 0 Å².